The van der Waals surface area contributed by atoms with E-state index in [1.165, 1.54) is 44.9 Å². The zero-order valence-electron chi connectivity index (χ0n) is 61.8. The van der Waals surface area contributed by atoms with Gasteiger partial charge in [-0.15, -0.1) is 0 Å². The molecule has 0 fully saturated rings. The average Bonchev–Trinajstić information content (AvgIpc) is 0.965. The maximum Gasteiger partial charge on any atom is 0.472 e. The van der Waals surface area contributed by atoms with Crippen LogP contribution in [-0.2, 0) is 65.4 Å². The molecule has 0 aliphatic rings. The average molecular weight is 1440 g/mol. The number of phosphoric acid groups is 2. The molecule has 0 aromatic rings. The fraction of sp³-hybridized carbons (Fsp3) is 0.630. The summed E-state index contributed by atoms with van der Waals surface area (Å²) in [5, 5.41) is 10.6. The summed E-state index contributed by atoms with van der Waals surface area (Å²) in [6, 6.07) is 0. The van der Waals surface area contributed by atoms with Crippen LogP contribution in [0.15, 0.2) is 158 Å². The van der Waals surface area contributed by atoms with Gasteiger partial charge in [0.2, 0.25) is 0 Å². The van der Waals surface area contributed by atoms with E-state index in [4.69, 9.17) is 37.0 Å². The summed E-state index contributed by atoms with van der Waals surface area (Å²) in [7, 11) is -10.0. The molecule has 0 saturated carbocycles. The molecule has 0 radical (unpaired) electrons. The Morgan fingerprint density at radius 3 is 0.950 bits per heavy atom. The number of phosphoric ester groups is 2. The molecule has 0 amide bonds. The molecular weight excluding hydrogens is 1310 g/mol. The monoisotopic (exact) mass is 1440 g/mol. The molecule has 3 N–H and O–H groups in total. The third-order valence-electron chi connectivity index (χ3n) is 15.0. The van der Waals surface area contributed by atoms with Crippen LogP contribution in [0.5, 0.6) is 0 Å². The normalized spacial score (nSPS) is 14.8. The molecule has 0 heterocycles. The topological polar surface area (TPSA) is 237 Å². The van der Waals surface area contributed by atoms with Gasteiger partial charge in [-0.1, -0.05) is 256 Å². The van der Waals surface area contributed by atoms with Gasteiger partial charge in [-0.05, 0) is 148 Å². The number of esters is 4. The van der Waals surface area contributed by atoms with Gasteiger partial charge in [0.25, 0.3) is 0 Å². The third-order valence-corrected chi connectivity index (χ3v) is 16.9. The first-order valence-corrected chi connectivity index (χ1v) is 40.7. The number of unbranched alkanes of at least 4 members (excludes halogenated alkanes) is 18. The van der Waals surface area contributed by atoms with Crippen molar-refractivity contribution in [2.75, 3.05) is 39.6 Å². The first kappa shape index (κ1) is 94.7. The molecular formula is C81H132O17P2. The second-order valence-corrected chi connectivity index (χ2v) is 27.4. The lowest BCUT2D eigenvalue weighted by molar-refractivity contribution is -0.161. The highest BCUT2D eigenvalue weighted by molar-refractivity contribution is 7.47. The van der Waals surface area contributed by atoms with Crippen LogP contribution in [0.25, 0.3) is 0 Å². The Labute approximate surface area is 604 Å². The molecule has 0 spiro atoms. The molecule has 0 aliphatic carbocycles. The van der Waals surface area contributed by atoms with E-state index in [-0.39, 0.29) is 25.7 Å². The summed E-state index contributed by atoms with van der Waals surface area (Å²) in [5.74, 6) is -2.43. The molecule has 568 valence electrons. The fourth-order valence-electron chi connectivity index (χ4n) is 9.29. The van der Waals surface area contributed by atoms with E-state index in [1.54, 1.807) is 6.08 Å². The first-order valence-electron chi connectivity index (χ1n) is 37.7. The first-order chi connectivity index (χ1) is 48.7. The van der Waals surface area contributed by atoms with Crippen molar-refractivity contribution in [2.45, 2.75) is 290 Å². The maximum absolute atomic E-state index is 13.1. The standard InChI is InChI=1S/C81H132O17P2/c1-5-9-13-17-21-25-29-33-36-37-40-43-46-50-54-58-62-66-79(84)92-71-76(97-80(85)67-63-59-55-51-47-41-32-28-24-20-16-12-8-4)73-95-99(87,88)93-69-75(82)70-94-100(89,90)96-74-77(98-81(86)68-64-60-56-52-48-44-39-35-31-27-23-19-15-11-7-3)72-91-78(83)65-61-57-53-49-45-42-38-34-30-26-22-18-14-10-6-2/h9-10,13-14,21-23,25-28,32-36,38-40,43,45,49-50,54,57,61,75-77,82H,5-8,11-12,15-20,24,29-31,37,41-42,44,46-48,51-53,55-56,58-60,62-74H2,1-4H3,(H,87,88)(H,89,90)/b13-9-,14-10-,25-21-,26-22-,27-23-,32-28-,36-33-,38-34-,39-35-,43-40-,49-45-,54-50-,61-57-. The van der Waals surface area contributed by atoms with Gasteiger partial charge in [-0.3, -0.25) is 37.3 Å². The molecule has 5 atom stereocenters. The summed E-state index contributed by atoms with van der Waals surface area (Å²) in [6.07, 6.45) is 82.7. The van der Waals surface area contributed by atoms with Gasteiger partial charge in [0.1, 0.15) is 19.3 Å². The minimum atomic E-state index is -5.01. The molecule has 17 nitrogen and oxygen atoms in total. The maximum atomic E-state index is 13.1. The van der Waals surface area contributed by atoms with Crippen LogP contribution in [0.3, 0.4) is 0 Å². The van der Waals surface area contributed by atoms with Crippen molar-refractivity contribution in [3.8, 4) is 0 Å². The molecule has 0 aromatic carbocycles. The zero-order chi connectivity index (χ0) is 73.2. The van der Waals surface area contributed by atoms with Gasteiger partial charge in [0, 0.05) is 19.3 Å². The van der Waals surface area contributed by atoms with Gasteiger partial charge >= 0.3 is 39.5 Å². The largest absolute Gasteiger partial charge is 0.472 e. The fourth-order valence-corrected chi connectivity index (χ4v) is 10.9. The van der Waals surface area contributed by atoms with E-state index >= 15 is 0 Å². The number of carbonyl (C=O) groups excluding carboxylic acids is 4. The molecule has 0 saturated heterocycles. The summed E-state index contributed by atoms with van der Waals surface area (Å²) in [6.45, 7) is 4.37. The second kappa shape index (κ2) is 72.0. The molecule has 100 heavy (non-hydrogen) atoms. The Morgan fingerprint density at radius 1 is 0.300 bits per heavy atom. The Bertz CT molecular complexity index is 2520. The lowest BCUT2D eigenvalue weighted by Gasteiger charge is -2.21. The molecule has 0 aliphatic heterocycles. The van der Waals surface area contributed by atoms with Crippen molar-refractivity contribution >= 4 is 39.5 Å². The lowest BCUT2D eigenvalue weighted by atomic mass is 10.1. The van der Waals surface area contributed by atoms with Crippen molar-refractivity contribution in [3.05, 3.63) is 158 Å². The van der Waals surface area contributed by atoms with Gasteiger partial charge in [0.05, 0.1) is 32.8 Å². The number of aliphatic hydroxyl groups excluding tert-OH is 1. The van der Waals surface area contributed by atoms with E-state index in [1.807, 2.05) is 30.4 Å². The number of rotatable bonds is 69. The Balaban J connectivity index is 5.49. The predicted molar refractivity (Wildman–Crippen MR) is 408 cm³/mol. The summed E-state index contributed by atoms with van der Waals surface area (Å²) < 4.78 is 68.2. The van der Waals surface area contributed by atoms with Crippen LogP contribution in [0, 0.1) is 0 Å². The van der Waals surface area contributed by atoms with Crippen LogP contribution in [-0.4, -0.2) is 96.7 Å². The Kier molecular flexibility index (Phi) is 68.2. The van der Waals surface area contributed by atoms with Crippen LogP contribution in [0.2, 0.25) is 0 Å². The van der Waals surface area contributed by atoms with Crippen LogP contribution in [0.1, 0.15) is 272 Å². The number of hydrogen-bond donors (Lipinski definition) is 3. The zero-order valence-corrected chi connectivity index (χ0v) is 63.6. The highest BCUT2D eigenvalue weighted by Crippen LogP contribution is 2.45. The predicted octanol–water partition coefficient (Wildman–Crippen LogP) is 21.7. The van der Waals surface area contributed by atoms with E-state index < -0.39 is 97.5 Å². The van der Waals surface area contributed by atoms with Crippen molar-refractivity contribution in [1.82, 2.24) is 0 Å². The smallest absolute Gasteiger partial charge is 0.462 e. The molecule has 5 unspecified atom stereocenters. The minimum absolute atomic E-state index is 0.0533. The van der Waals surface area contributed by atoms with E-state index in [2.05, 4.69) is 149 Å². The van der Waals surface area contributed by atoms with Crippen LogP contribution < -0.4 is 0 Å². The molecule has 0 bridgehead atoms. The molecule has 0 rings (SSSR count). The van der Waals surface area contributed by atoms with Crippen molar-refractivity contribution in [1.29, 1.82) is 0 Å². The number of aliphatic hydroxyl groups is 1. The molecule has 0 aromatic heterocycles. The van der Waals surface area contributed by atoms with Crippen molar-refractivity contribution < 1.29 is 80.2 Å². The number of ether oxygens (including phenoxy) is 4. The van der Waals surface area contributed by atoms with Gasteiger partial charge in [0.15, 0.2) is 12.2 Å². The third kappa shape index (κ3) is 71.1. The number of allylic oxidation sites excluding steroid dienone is 25. The lowest BCUT2D eigenvalue weighted by Crippen LogP contribution is -2.30. The summed E-state index contributed by atoms with van der Waals surface area (Å²) in [5.41, 5.74) is 0. The van der Waals surface area contributed by atoms with Crippen LogP contribution >= 0.6 is 15.6 Å². The summed E-state index contributed by atoms with van der Waals surface area (Å²) in [4.78, 5) is 72.7. The minimum Gasteiger partial charge on any atom is -0.462 e. The van der Waals surface area contributed by atoms with Crippen molar-refractivity contribution in [3.63, 3.8) is 0 Å². The Hall–Kier alpha value is -5.32. The highest BCUT2D eigenvalue weighted by atomic mass is 31.2. The summed E-state index contributed by atoms with van der Waals surface area (Å²) >= 11 is 0. The van der Waals surface area contributed by atoms with E-state index in [9.17, 15) is 43.2 Å². The van der Waals surface area contributed by atoms with E-state index in [0.29, 0.717) is 32.1 Å². The highest BCUT2D eigenvalue weighted by Gasteiger charge is 2.30. The SMILES string of the molecule is CC/C=C\C/C=C\C/C=C\C/C=C\C/C=C\CCCC(=O)OCC(COP(=O)(O)OCC(O)COP(=O)(O)OCC(COC(=O)C/C=C\C/C=C\C/C=C\C/C=C\C/C=C\CC)OC(=O)CCCCCCC/C=C\C/C=C\CCCCC)OC(=O)CCCCCCC/C=C\CCCCCC. The Morgan fingerprint density at radius 2 is 0.570 bits per heavy atom. The number of carbonyl (C=O) groups is 4. The second-order valence-electron chi connectivity index (χ2n) is 24.5. The van der Waals surface area contributed by atoms with E-state index in [0.717, 1.165) is 141 Å². The number of hydrogen-bond acceptors (Lipinski definition) is 15. The van der Waals surface area contributed by atoms with Crippen LogP contribution in [0.4, 0.5) is 0 Å². The quantitative estimate of drug-likeness (QED) is 0.0169. The van der Waals surface area contributed by atoms with Gasteiger partial charge in [-0.2, -0.15) is 0 Å². The van der Waals surface area contributed by atoms with Gasteiger partial charge < -0.3 is 33.8 Å². The van der Waals surface area contributed by atoms with Crippen molar-refractivity contribution in [2.24, 2.45) is 0 Å². The van der Waals surface area contributed by atoms with Gasteiger partial charge in [-0.25, -0.2) is 9.13 Å². The molecule has 19 heteroatoms.